The second kappa shape index (κ2) is 28.0. The molecular formula is C70H96B2F4N8O11. The molecule has 516 valence electrons. The molecule has 12 aliphatic rings. The van der Waals surface area contributed by atoms with E-state index in [0.29, 0.717) is 88.2 Å². The van der Waals surface area contributed by atoms with Crippen LogP contribution in [0.25, 0.3) is 4.85 Å². The van der Waals surface area contributed by atoms with Gasteiger partial charge in [-0.15, -0.1) is 0 Å². The highest BCUT2D eigenvalue weighted by Crippen LogP contribution is 2.67. The molecule has 6 aliphatic carbocycles. The van der Waals surface area contributed by atoms with Gasteiger partial charge in [-0.05, 0) is 151 Å². The quantitative estimate of drug-likeness (QED) is 0.0528. The van der Waals surface area contributed by atoms with Crippen LogP contribution in [0, 0.1) is 52.4 Å². The first-order valence-electron chi connectivity index (χ1n) is 34.1. The van der Waals surface area contributed by atoms with Crippen molar-refractivity contribution in [1.29, 1.82) is 5.26 Å². The number of aldehydes is 1. The Bertz CT molecular complexity index is 3230. The smallest absolute Gasteiger partial charge is 0.444 e. The summed E-state index contributed by atoms with van der Waals surface area (Å²) < 4.78 is 91.2. The van der Waals surface area contributed by atoms with Crippen molar-refractivity contribution in [3.8, 4) is 6.07 Å². The van der Waals surface area contributed by atoms with Gasteiger partial charge in [0, 0.05) is 44.6 Å². The molecule has 19 nitrogen and oxygen atoms in total. The van der Waals surface area contributed by atoms with Crippen molar-refractivity contribution in [2.45, 2.75) is 223 Å². The minimum atomic E-state index is -2.78. The van der Waals surface area contributed by atoms with Crippen molar-refractivity contribution in [1.82, 2.24) is 30.2 Å². The Morgan fingerprint density at radius 1 is 0.684 bits per heavy atom. The third-order valence-corrected chi connectivity index (χ3v) is 23.1. The van der Waals surface area contributed by atoms with Crippen LogP contribution in [0.1, 0.15) is 151 Å². The van der Waals surface area contributed by atoms with E-state index in [1.165, 1.54) is 15.9 Å². The zero-order valence-electron chi connectivity index (χ0n) is 56.9. The highest BCUT2D eigenvalue weighted by atomic mass is 19.3. The van der Waals surface area contributed by atoms with Crippen molar-refractivity contribution >= 4 is 44.5 Å². The van der Waals surface area contributed by atoms with Crippen LogP contribution in [0.15, 0.2) is 72.4 Å². The molecule has 6 saturated carbocycles. The molecule has 2 aromatic carbocycles. The molecule has 95 heavy (non-hydrogen) atoms. The number of nitrogens with one attached hydrogen (secondary N) is 2. The van der Waals surface area contributed by atoms with Crippen LogP contribution in [0.4, 0.5) is 27.2 Å². The van der Waals surface area contributed by atoms with Gasteiger partial charge < -0.3 is 53.3 Å². The average Bonchev–Trinajstić information content (AvgIpc) is 1.66. The van der Waals surface area contributed by atoms with Crippen molar-refractivity contribution in [2.24, 2.45) is 34.5 Å². The SMILES string of the molecule is CC(C)(C=O)N1CCC(F)(F)C1.CC1(C)[C@@H]2C[C@H]3OB([C@H](Cc4ccccc4)NC(=O)O[C@H]4CCCN(C(=O)CC#N)C4)O[C@@]3(C)[C@H]1C2.[C-]#[N+]C(=CC(C)(C)N1CCC(F)(F)C1)C(=O)N1CCC[C@H](OC(=O)N[C@@H](Cc2ccccc2)B2O[C@@H]3C[C@@H]4C[C@@H](C4(C)C)[C@]3(C)O2)C1. The van der Waals surface area contributed by atoms with E-state index < -0.39 is 91.5 Å². The number of ether oxygens (including phenoxy) is 2. The number of carbonyl (C=O) groups is 5. The maximum absolute atomic E-state index is 13.9. The van der Waals surface area contributed by atoms with Gasteiger partial charge in [0.1, 0.15) is 24.9 Å². The molecule has 0 aromatic heterocycles. The first-order valence-corrected chi connectivity index (χ1v) is 34.1. The van der Waals surface area contributed by atoms with E-state index >= 15 is 0 Å². The lowest BCUT2D eigenvalue weighted by molar-refractivity contribution is -0.199. The molecule has 6 heterocycles. The van der Waals surface area contributed by atoms with E-state index in [0.717, 1.165) is 43.2 Å². The van der Waals surface area contributed by atoms with Crippen LogP contribution < -0.4 is 10.6 Å². The Balaban J connectivity index is 0.000000180. The van der Waals surface area contributed by atoms with Gasteiger partial charge >= 0.3 is 26.4 Å². The molecule has 14 rings (SSSR count). The van der Waals surface area contributed by atoms with Crippen molar-refractivity contribution < 1.29 is 69.6 Å². The lowest BCUT2D eigenvalue weighted by atomic mass is 9.43. The number of nitrogens with zero attached hydrogens (tertiary/aromatic N) is 6. The van der Waals surface area contributed by atoms with Gasteiger partial charge in [0.2, 0.25) is 11.6 Å². The number of hydrogen-bond acceptors (Lipinski definition) is 14. The molecule has 12 fully saturated rings. The molecule has 4 amide bonds. The Morgan fingerprint density at radius 2 is 1.12 bits per heavy atom. The predicted octanol–water partition coefficient (Wildman–Crippen LogP) is 10.3. The summed E-state index contributed by atoms with van der Waals surface area (Å²) in [6.07, 6.45) is 7.37. The third kappa shape index (κ3) is 15.8. The molecule has 2 N–H and O–H groups in total. The van der Waals surface area contributed by atoms with Gasteiger partial charge in [-0.2, -0.15) is 5.26 Å². The highest BCUT2D eigenvalue weighted by Gasteiger charge is 2.70. The lowest BCUT2D eigenvalue weighted by Crippen LogP contribution is -2.65. The van der Waals surface area contributed by atoms with E-state index in [1.807, 2.05) is 66.7 Å². The Labute approximate surface area is 558 Å². The molecule has 4 bridgehead atoms. The maximum atomic E-state index is 13.9. The second-order valence-corrected chi connectivity index (χ2v) is 30.9. The molecule has 2 aromatic rings. The second-order valence-electron chi connectivity index (χ2n) is 30.9. The Morgan fingerprint density at radius 3 is 1.52 bits per heavy atom. The van der Waals surface area contributed by atoms with Gasteiger partial charge in [0.05, 0.1) is 79.7 Å². The summed E-state index contributed by atoms with van der Waals surface area (Å²) in [4.78, 5) is 72.3. The number of nitriles is 1. The fraction of sp³-hybridized carbons (Fsp3) is 0.700. The Kier molecular flexibility index (Phi) is 21.2. The topological polar surface area (TPSA) is 206 Å². The number of alkyl carbamates (subject to hydrolysis) is 2. The summed E-state index contributed by atoms with van der Waals surface area (Å²) in [5.74, 6) is -4.95. The van der Waals surface area contributed by atoms with Crippen molar-refractivity contribution in [3.05, 3.63) is 95.0 Å². The molecule has 0 radical (unpaired) electrons. The number of halogens is 4. The van der Waals surface area contributed by atoms with E-state index in [2.05, 4.69) is 57.0 Å². The highest BCUT2D eigenvalue weighted by molar-refractivity contribution is 6.48. The number of piperidine rings is 2. The van der Waals surface area contributed by atoms with Crippen LogP contribution in [0.2, 0.25) is 0 Å². The van der Waals surface area contributed by atoms with Crippen LogP contribution in [0.3, 0.4) is 0 Å². The standard InChI is InChI=1S/C35H47BF2N4O5.C27H36BN3O5.C8H13F2NO/c1-32(2,42-16-14-35(37,38)22-42)20-26(39-6)30(43)41-15-10-13-25(21-41)45-31(44)40-29(17-23-11-8-7-9-12-23)36-46-28-19-24-18-27(33(24,3)4)34(28,5)47-36;1-26(2)19-15-21(26)27(3)22(16-19)35-28(36-27)23(14-18-8-5-4-6-9-18)30-25(33)34-20-10-7-13-31(17-20)24(32)11-12-29;1-7(2,6-12)11-4-3-8(9,10)5-11/h7-9,11-12,20,24-25,27-29H,10,13-19,21-22H2,1-5H3,(H,40,44);4-6,8-9,19-23H,7,10-11,13-17H2,1-3H3,(H,30,33);6H,3-5H2,1-2H3/t24-,25-,27-,28+,29-,34-;19-,20-,21-,22+,23-,27-;/m00./s1. The van der Waals surface area contributed by atoms with Crippen LogP contribution in [-0.2, 0) is 55.3 Å². The first kappa shape index (κ1) is 71.7. The number of likely N-dealkylation sites (tertiary alicyclic amines) is 4. The fourth-order valence-electron chi connectivity index (χ4n) is 16.9. The number of alkyl halides is 4. The molecule has 6 aliphatic heterocycles. The zero-order valence-corrected chi connectivity index (χ0v) is 56.9. The third-order valence-electron chi connectivity index (χ3n) is 23.1. The van der Waals surface area contributed by atoms with Crippen LogP contribution in [0.5, 0.6) is 0 Å². The van der Waals surface area contributed by atoms with Crippen molar-refractivity contribution in [3.63, 3.8) is 0 Å². The predicted molar refractivity (Wildman–Crippen MR) is 348 cm³/mol. The monoisotopic (exact) mass is 1320 g/mol. The minimum absolute atomic E-state index is 0.0217. The number of benzene rings is 2. The largest absolute Gasteiger partial charge is 0.482 e. The fourth-order valence-corrected chi connectivity index (χ4v) is 16.9. The number of rotatable bonds is 16. The van der Waals surface area contributed by atoms with Crippen LogP contribution in [-0.4, -0.2) is 187 Å². The van der Waals surface area contributed by atoms with Crippen LogP contribution >= 0.6 is 0 Å². The van der Waals surface area contributed by atoms with Gasteiger partial charge in [0.15, 0.2) is 0 Å². The number of amides is 4. The molecule has 25 heteroatoms. The number of hydrogen-bond donors (Lipinski definition) is 2. The summed E-state index contributed by atoms with van der Waals surface area (Å²) in [5.41, 5.74) is -0.0282. The molecule has 12 atom stereocenters. The molecule has 0 unspecified atom stereocenters. The molecule has 6 saturated heterocycles. The average molecular weight is 1320 g/mol. The maximum Gasteiger partial charge on any atom is 0.482 e. The van der Waals surface area contributed by atoms with Gasteiger partial charge in [0.25, 0.3) is 17.8 Å². The van der Waals surface area contributed by atoms with Gasteiger partial charge in [-0.3, -0.25) is 19.4 Å². The van der Waals surface area contributed by atoms with Crippen molar-refractivity contribution in [2.75, 3.05) is 52.4 Å². The van der Waals surface area contributed by atoms with E-state index in [9.17, 15) is 41.5 Å². The first-order chi connectivity index (χ1) is 44.7. The Hall–Kier alpha value is -6.08. The van der Waals surface area contributed by atoms with E-state index in [1.54, 1.807) is 37.5 Å². The molecular weight excluding hydrogens is 1230 g/mol. The summed E-state index contributed by atoms with van der Waals surface area (Å²) in [6, 6.07) is 21.8. The minimum Gasteiger partial charge on any atom is -0.444 e. The van der Waals surface area contributed by atoms with E-state index in [4.69, 9.17) is 39.9 Å². The summed E-state index contributed by atoms with van der Waals surface area (Å²) in [5, 5.41) is 14.9. The zero-order chi connectivity index (χ0) is 68.7. The summed E-state index contributed by atoms with van der Waals surface area (Å²) in [6.45, 7) is 29.3. The van der Waals surface area contributed by atoms with E-state index in [-0.39, 0.29) is 79.1 Å². The molecule has 0 spiro atoms. The lowest BCUT2D eigenvalue weighted by Gasteiger charge is -2.64. The normalized spacial score (nSPS) is 31.5. The summed E-state index contributed by atoms with van der Waals surface area (Å²) in [7, 11) is -1.20. The number of carbonyl (C=O) groups excluding carboxylic acids is 5. The van der Waals surface area contributed by atoms with Gasteiger partial charge in [-0.1, -0.05) is 94.4 Å². The summed E-state index contributed by atoms with van der Waals surface area (Å²) >= 11 is 0. The van der Waals surface area contributed by atoms with Gasteiger partial charge in [-0.25, -0.2) is 32.0 Å².